The van der Waals surface area contributed by atoms with E-state index in [1.165, 1.54) is 43.5 Å². The van der Waals surface area contributed by atoms with Crippen molar-refractivity contribution < 1.29 is 27.5 Å². The van der Waals surface area contributed by atoms with Crippen LogP contribution < -0.4 is 9.62 Å². The van der Waals surface area contributed by atoms with E-state index in [2.05, 4.69) is 10.1 Å². The molecule has 1 heterocycles. The van der Waals surface area contributed by atoms with Crippen molar-refractivity contribution in [2.45, 2.75) is 6.92 Å². The lowest BCUT2D eigenvalue weighted by Gasteiger charge is -2.15. The van der Waals surface area contributed by atoms with Crippen LogP contribution >= 0.6 is 0 Å². The van der Waals surface area contributed by atoms with Crippen LogP contribution in [0.4, 0.5) is 11.4 Å². The molecule has 0 aliphatic carbocycles. The van der Waals surface area contributed by atoms with Gasteiger partial charge in [-0.05, 0) is 48.5 Å². The Morgan fingerprint density at radius 3 is 2.11 bits per heavy atom. The minimum Gasteiger partial charge on any atom is -0.465 e. The van der Waals surface area contributed by atoms with Crippen LogP contribution in [0.25, 0.3) is 0 Å². The van der Waals surface area contributed by atoms with E-state index < -0.39 is 33.7 Å². The molecular weight excluding hydrogens is 384 g/mol. The number of sulfonamides is 1. The number of carbonyl (C=O) groups is 3. The Morgan fingerprint density at radius 2 is 1.61 bits per heavy atom. The second-order valence-electron chi connectivity index (χ2n) is 6.35. The predicted molar refractivity (Wildman–Crippen MR) is 103 cm³/mol. The van der Waals surface area contributed by atoms with Crippen LogP contribution in [0, 0.1) is 5.92 Å². The third kappa shape index (κ3) is 3.74. The number of carbonyl (C=O) groups excluding carboxylic acids is 3. The molecule has 1 aliphatic heterocycles. The maximum absolute atomic E-state index is 12.4. The molecule has 146 valence electrons. The summed E-state index contributed by atoms with van der Waals surface area (Å²) < 4.78 is 29.7. The fraction of sp³-hybridized carbons (Fsp3) is 0.211. The van der Waals surface area contributed by atoms with Crippen LogP contribution in [0.3, 0.4) is 0 Å². The van der Waals surface area contributed by atoms with E-state index in [9.17, 15) is 22.8 Å². The van der Waals surface area contributed by atoms with Gasteiger partial charge < -0.3 is 10.1 Å². The summed E-state index contributed by atoms with van der Waals surface area (Å²) in [7, 11) is -2.41. The van der Waals surface area contributed by atoms with Crippen molar-refractivity contribution in [1.29, 1.82) is 0 Å². The molecule has 28 heavy (non-hydrogen) atoms. The van der Waals surface area contributed by atoms with Crippen molar-refractivity contribution in [3.63, 3.8) is 0 Å². The molecule has 1 aliphatic rings. The van der Waals surface area contributed by atoms with Crippen LogP contribution in [0.1, 0.15) is 27.6 Å². The van der Waals surface area contributed by atoms with Crippen LogP contribution in [-0.2, 0) is 19.6 Å². The smallest absolute Gasteiger partial charge is 0.337 e. The Morgan fingerprint density at radius 1 is 1.04 bits per heavy atom. The molecule has 0 spiro atoms. The van der Waals surface area contributed by atoms with Gasteiger partial charge in [0, 0.05) is 11.3 Å². The molecule has 8 nitrogen and oxygen atoms in total. The number of rotatable bonds is 4. The molecule has 3 rings (SSSR count). The van der Waals surface area contributed by atoms with E-state index in [4.69, 9.17) is 0 Å². The van der Waals surface area contributed by atoms with Gasteiger partial charge in [-0.15, -0.1) is 0 Å². The number of anilines is 2. The van der Waals surface area contributed by atoms with Gasteiger partial charge in [-0.25, -0.2) is 17.5 Å². The van der Waals surface area contributed by atoms with E-state index in [1.54, 1.807) is 19.1 Å². The lowest BCUT2D eigenvalue weighted by atomic mass is 10.1. The number of nitrogens with one attached hydrogen (secondary N) is 1. The quantitative estimate of drug-likeness (QED) is 0.784. The summed E-state index contributed by atoms with van der Waals surface area (Å²) in [5.74, 6) is -2.20. The minimum atomic E-state index is -3.69. The summed E-state index contributed by atoms with van der Waals surface area (Å²) >= 11 is 0. The van der Waals surface area contributed by atoms with Crippen LogP contribution in [0.2, 0.25) is 0 Å². The van der Waals surface area contributed by atoms with Gasteiger partial charge in [-0.3, -0.25) is 9.59 Å². The van der Waals surface area contributed by atoms with Gasteiger partial charge in [-0.1, -0.05) is 6.92 Å². The zero-order chi connectivity index (χ0) is 20.5. The first-order chi connectivity index (χ1) is 13.2. The molecule has 1 atom stereocenters. The fourth-order valence-electron chi connectivity index (χ4n) is 2.85. The molecule has 9 heteroatoms. The minimum absolute atomic E-state index is 0.202. The number of esters is 1. The van der Waals surface area contributed by atoms with E-state index in [-0.39, 0.29) is 17.0 Å². The molecule has 0 bridgehead atoms. The van der Waals surface area contributed by atoms with Crippen molar-refractivity contribution >= 4 is 39.2 Å². The monoisotopic (exact) mass is 402 g/mol. The summed E-state index contributed by atoms with van der Waals surface area (Å²) in [6.45, 7) is 1.56. The lowest BCUT2D eigenvalue weighted by molar-refractivity contribution is -0.119. The van der Waals surface area contributed by atoms with E-state index in [0.717, 1.165) is 4.31 Å². The maximum Gasteiger partial charge on any atom is 0.337 e. The van der Waals surface area contributed by atoms with Gasteiger partial charge in [0.05, 0.1) is 30.0 Å². The average molecular weight is 402 g/mol. The summed E-state index contributed by atoms with van der Waals surface area (Å²) in [4.78, 5) is 35.9. The summed E-state index contributed by atoms with van der Waals surface area (Å²) in [5, 5.41) is 2.67. The highest BCUT2D eigenvalue weighted by Crippen LogP contribution is 2.28. The topological polar surface area (TPSA) is 110 Å². The predicted octanol–water partition coefficient (Wildman–Crippen LogP) is 2.04. The fourth-order valence-corrected chi connectivity index (χ4v) is 4.67. The highest BCUT2D eigenvalue weighted by Gasteiger charge is 2.41. The second kappa shape index (κ2) is 7.43. The van der Waals surface area contributed by atoms with Crippen LogP contribution in [0.15, 0.2) is 48.5 Å². The van der Waals surface area contributed by atoms with Crippen molar-refractivity contribution in [3.05, 3.63) is 59.7 Å². The van der Waals surface area contributed by atoms with Crippen molar-refractivity contribution in [1.82, 2.24) is 0 Å². The molecule has 0 saturated carbocycles. The zero-order valence-electron chi connectivity index (χ0n) is 15.2. The molecule has 2 aromatic carbocycles. The zero-order valence-corrected chi connectivity index (χ0v) is 16.0. The molecular formula is C19H18N2O6S. The molecule has 1 saturated heterocycles. The summed E-state index contributed by atoms with van der Waals surface area (Å²) in [6, 6.07) is 11.9. The highest BCUT2D eigenvalue weighted by molar-refractivity contribution is 7.94. The molecule has 2 aromatic rings. The first-order valence-electron chi connectivity index (χ1n) is 8.39. The first kappa shape index (κ1) is 19.6. The normalized spacial score (nSPS) is 18.0. The van der Waals surface area contributed by atoms with Crippen LogP contribution in [-0.4, -0.2) is 39.1 Å². The second-order valence-corrected chi connectivity index (χ2v) is 8.21. The molecule has 0 radical (unpaired) electrons. The number of methoxy groups -OCH3 is 1. The number of benzene rings is 2. The van der Waals surface area contributed by atoms with Gasteiger partial charge in [0.15, 0.2) is 0 Å². The Hall–Kier alpha value is -3.20. The largest absolute Gasteiger partial charge is 0.465 e. The molecule has 1 N–H and O–H groups in total. The molecule has 2 amide bonds. The Balaban J connectivity index is 1.74. The summed E-state index contributed by atoms with van der Waals surface area (Å²) in [5.41, 5.74) is 1.33. The lowest BCUT2D eigenvalue weighted by Crippen LogP contribution is -2.30. The van der Waals surface area contributed by atoms with Gasteiger partial charge >= 0.3 is 5.97 Å². The standard InChI is InChI=1S/C19H18N2O6S/c1-12-11-28(25,26)21(18(12)23)16-9-5-13(6-10-16)17(22)20-15-7-3-14(4-8-15)19(24)27-2/h3-10,12H,11H2,1-2H3,(H,20,22)/t12-/m1/s1. The van der Waals surface area contributed by atoms with Gasteiger partial charge in [-0.2, -0.15) is 0 Å². The number of hydrogen-bond acceptors (Lipinski definition) is 6. The number of hydrogen-bond donors (Lipinski definition) is 1. The Labute approximate surface area is 162 Å². The van der Waals surface area contributed by atoms with Crippen LogP contribution in [0.5, 0.6) is 0 Å². The molecule has 1 fully saturated rings. The third-order valence-electron chi connectivity index (χ3n) is 4.29. The Kier molecular flexibility index (Phi) is 5.19. The van der Waals surface area contributed by atoms with Crippen molar-refractivity contribution in [2.75, 3.05) is 22.5 Å². The number of nitrogens with zero attached hydrogens (tertiary/aromatic N) is 1. The summed E-state index contributed by atoms with van der Waals surface area (Å²) in [6.07, 6.45) is 0. The molecule has 0 aromatic heterocycles. The number of ether oxygens (including phenoxy) is 1. The first-order valence-corrected chi connectivity index (χ1v) is 10.0. The van der Waals surface area contributed by atoms with E-state index in [1.807, 2.05) is 0 Å². The van der Waals surface area contributed by atoms with E-state index >= 15 is 0 Å². The van der Waals surface area contributed by atoms with Gasteiger partial charge in [0.2, 0.25) is 15.9 Å². The highest BCUT2D eigenvalue weighted by atomic mass is 32.2. The van der Waals surface area contributed by atoms with Crippen molar-refractivity contribution in [3.8, 4) is 0 Å². The van der Waals surface area contributed by atoms with Crippen molar-refractivity contribution in [2.24, 2.45) is 5.92 Å². The maximum atomic E-state index is 12.4. The Bertz CT molecular complexity index is 1030. The van der Waals surface area contributed by atoms with E-state index in [0.29, 0.717) is 11.3 Å². The average Bonchev–Trinajstić information content (AvgIpc) is 2.88. The van der Waals surface area contributed by atoms with Gasteiger partial charge in [0.25, 0.3) is 5.91 Å². The molecule has 0 unspecified atom stereocenters. The SMILES string of the molecule is COC(=O)c1ccc(NC(=O)c2ccc(N3C(=O)[C@H](C)CS3(=O)=O)cc2)cc1. The number of amides is 2. The third-order valence-corrected chi connectivity index (χ3v) is 6.16. The van der Waals surface area contributed by atoms with Gasteiger partial charge in [0.1, 0.15) is 0 Å².